The lowest BCUT2D eigenvalue weighted by atomic mass is 9.80. The zero-order valence-electron chi connectivity index (χ0n) is 14.6. The Morgan fingerprint density at radius 1 is 0.960 bits per heavy atom. The summed E-state index contributed by atoms with van der Waals surface area (Å²) >= 11 is 0. The number of alkyl halides is 6. The summed E-state index contributed by atoms with van der Waals surface area (Å²) in [6, 6.07) is 1.50. The Morgan fingerprint density at radius 2 is 1.40 bits per heavy atom. The van der Waals surface area contributed by atoms with Crippen LogP contribution in [0.2, 0.25) is 0 Å². The molecule has 0 saturated heterocycles. The molecule has 2 atom stereocenters. The molecule has 0 fully saturated rings. The number of rotatable bonds is 6. The van der Waals surface area contributed by atoms with E-state index in [1.54, 1.807) is 6.08 Å². The summed E-state index contributed by atoms with van der Waals surface area (Å²) in [6.07, 6.45) is -8.99. The maximum atomic E-state index is 12.9. The van der Waals surface area contributed by atoms with Crippen LogP contribution < -0.4 is 0 Å². The van der Waals surface area contributed by atoms with E-state index < -0.39 is 35.0 Å². The normalized spacial score (nSPS) is 16.6. The van der Waals surface area contributed by atoms with E-state index in [1.165, 1.54) is 6.92 Å². The summed E-state index contributed by atoms with van der Waals surface area (Å²) in [7, 11) is 0. The second kappa shape index (κ2) is 7.40. The fourth-order valence-corrected chi connectivity index (χ4v) is 2.08. The summed E-state index contributed by atoms with van der Waals surface area (Å²) < 4.78 is 83.1. The third kappa shape index (κ3) is 5.49. The minimum atomic E-state index is -4.87. The molecule has 2 unspecified atom stereocenters. The lowest BCUT2D eigenvalue weighted by molar-refractivity contribution is -0.143. The van der Waals surface area contributed by atoms with E-state index in [1.807, 2.05) is 20.8 Å². The molecule has 1 aromatic rings. The van der Waals surface area contributed by atoms with Gasteiger partial charge >= 0.3 is 12.4 Å². The molecule has 0 amide bonds. The number of halogens is 6. The molecule has 0 radical (unpaired) electrons. The lowest BCUT2D eigenvalue weighted by Gasteiger charge is -2.31. The minimum absolute atomic E-state index is 0.109. The van der Waals surface area contributed by atoms with Crippen LogP contribution in [0.1, 0.15) is 50.5 Å². The lowest BCUT2D eigenvalue weighted by Crippen LogP contribution is -2.27. The Labute approximate surface area is 143 Å². The SMILES string of the molecule is C=CC(C)(COC(C)c1cc(C(F)(F)F)cc(C(F)(F)F)c1)C(C)C. The van der Waals surface area contributed by atoms with Gasteiger partial charge in [-0.3, -0.25) is 0 Å². The molecule has 1 nitrogen and oxygen atoms in total. The van der Waals surface area contributed by atoms with E-state index in [9.17, 15) is 26.3 Å². The van der Waals surface area contributed by atoms with Gasteiger partial charge in [-0.1, -0.05) is 26.8 Å². The molecule has 0 saturated carbocycles. The van der Waals surface area contributed by atoms with Crippen molar-refractivity contribution in [3.8, 4) is 0 Å². The van der Waals surface area contributed by atoms with Gasteiger partial charge in [0.1, 0.15) is 0 Å². The fraction of sp³-hybridized carbons (Fsp3) is 0.556. The molecule has 7 heteroatoms. The number of benzene rings is 1. The van der Waals surface area contributed by atoms with E-state index in [0.717, 1.165) is 0 Å². The molecule has 0 bridgehead atoms. The topological polar surface area (TPSA) is 9.23 Å². The van der Waals surface area contributed by atoms with Crippen LogP contribution in [0.4, 0.5) is 26.3 Å². The van der Waals surface area contributed by atoms with Crippen LogP contribution in [0.25, 0.3) is 0 Å². The third-order valence-corrected chi connectivity index (χ3v) is 4.51. The van der Waals surface area contributed by atoms with Gasteiger partial charge in [-0.25, -0.2) is 0 Å². The summed E-state index contributed by atoms with van der Waals surface area (Å²) in [5, 5.41) is 0. The second-order valence-electron chi connectivity index (χ2n) is 6.66. The quantitative estimate of drug-likeness (QED) is 0.403. The summed E-state index contributed by atoms with van der Waals surface area (Å²) in [4.78, 5) is 0. The fourth-order valence-electron chi connectivity index (χ4n) is 2.08. The average Bonchev–Trinajstić information content (AvgIpc) is 2.49. The van der Waals surface area contributed by atoms with Crippen molar-refractivity contribution in [1.29, 1.82) is 0 Å². The van der Waals surface area contributed by atoms with Crippen molar-refractivity contribution >= 4 is 0 Å². The summed E-state index contributed by atoms with van der Waals surface area (Å²) in [6.45, 7) is 11.0. The van der Waals surface area contributed by atoms with Crippen molar-refractivity contribution in [3.63, 3.8) is 0 Å². The van der Waals surface area contributed by atoms with Gasteiger partial charge in [0.15, 0.2) is 0 Å². The summed E-state index contributed by atoms with van der Waals surface area (Å²) in [5.74, 6) is 0.143. The highest BCUT2D eigenvalue weighted by Crippen LogP contribution is 2.38. The average molecular weight is 368 g/mol. The molecule has 25 heavy (non-hydrogen) atoms. The van der Waals surface area contributed by atoms with E-state index in [0.29, 0.717) is 12.1 Å². The zero-order chi connectivity index (χ0) is 19.6. The van der Waals surface area contributed by atoms with Gasteiger partial charge < -0.3 is 4.74 Å². The van der Waals surface area contributed by atoms with Crippen molar-refractivity contribution in [2.75, 3.05) is 6.61 Å². The smallest absolute Gasteiger partial charge is 0.373 e. The van der Waals surface area contributed by atoms with Gasteiger partial charge in [-0.05, 0) is 36.6 Å². The highest BCUT2D eigenvalue weighted by Gasteiger charge is 2.37. The standard InChI is InChI=1S/C18H22F6O/c1-6-16(5,11(2)3)10-25-12(4)13-7-14(17(19,20)21)9-15(8-13)18(22,23)24/h6-9,11-12H,1,10H2,2-5H3. The predicted octanol–water partition coefficient (Wildman–Crippen LogP) is 6.65. The molecular weight excluding hydrogens is 346 g/mol. The Balaban J connectivity index is 3.17. The van der Waals surface area contributed by atoms with Crippen LogP contribution >= 0.6 is 0 Å². The van der Waals surface area contributed by atoms with Crippen LogP contribution in [0.5, 0.6) is 0 Å². The molecule has 0 aliphatic rings. The Morgan fingerprint density at radius 3 is 1.72 bits per heavy atom. The van der Waals surface area contributed by atoms with Crippen LogP contribution in [0.3, 0.4) is 0 Å². The van der Waals surface area contributed by atoms with Crippen LogP contribution in [0.15, 0.2) is 30.9 Å². The van der Waals surface area contributed by atoms with E-state index in [4.69, 9.17) is 4.74 Å². The molecule has 1 aromatic carbocycles. The van der Waals surface area contributed by atoms with E-state index in [2.05, 4.69) is 6.58 Å². The van der Waals surface area contributed by atoms with Gasteiger partial charge in [0.25, 0.3) is 0 Å². The second-order valence-corrected chi connectivity index (χ2v) is 6.66. The predicted molar refractivity (Wildman–Crippen MR) is 84.0 cm³/mol. The van der Waals surface area contributed by atoms with E-state index in [-0.39, 0.29) is 24.2 Å². The van der Waals surface area contributed by atoms with Crippen LogP contribution in [0, 0.1) is 11.3 Å². The molecule has 1 rings (SSSR count). The van der Waals surface area contributed by atoms with Gasteiger partial charge in [0.05, 0.1) is 23.8 Å². The maximum Gasteiger partial charge on any atom is 0.416 e. The molecule has 0 aliphatic heterocycles. The van der Waals surface area contributed by atoms with Crippen molar-refractivity contribution in [3.05, 3.63) is 47.5 Å². The molecule has 0 spiro atoms. The minimum Gasteiger partial charge on any atom is -0.373 e. The van der Waals surface area contributed by atoms with Crippen LogP contribution in [-0.2, 0) is 17.1 Å². The van der Waals surface area contributed by atoms with Gasteiger partial charge in [-0.15, -0.1) is 6.58 Å². The van der Waals surface area contributed by atoms with Gasteiger partial charge in [0, 0.05) is 5.41 Å². The highest BCUT2D eigenvalue weighted by atomic mass is 19.4. The molecular formula is C18H22F6O. The van der Waals surface area contributed by atoms with Crippen molar-refractivity contribution in [2.24, 2.45) is 11.3 Å². The molecule has 0 heterocycles. The first-order chi connectivity index (χ1) is 11.2. The van der Waals surface area contributed by atoms with E-state index >= 15 is 0 Å². The van der Waals surface area contributed by atoms with Crippen molar-refractivity contribution in [1.82, 2.24) is 0 Å². The van der Waals surface area contributed by atoms with Gasteiger partial charge in [0.2, 0.25) is 0 Å². The Bertz CT molecular complexity index is 570. The monoisotopic (exact) mass is 368 g/mol. The summed E-state index contributed by atoms with van der Waals surface area (Å²) in [5.41, 5.74) is -3.30. The first-order valence-corrected chi connectivity index (χ1v) is 7.75. The number of hydrogen-bond donors (Lipinski definition) is 0. The molecule has 0 aliphatic carbocycles. The first-order valence-electron chi connectivity index (χ1n) is 7.75. The maximum absolute atomic E-state index is 12.9. The van der Waals surface area contributed by atoms with Crippen molar-refractivity contribution < 1.29 is 31.1 Å². The molecule has 0 N–H and O–H groups in total. The van der Waals surface area contributed by atoms with Gasteiger partial charge in [-0.2, -0.15) is 26.3 Å². The highest BCUT2D eigenvalue weighted by molar-refractivity contribution is 5.34. The van der Waals surface area contributed by atoms with Crippen molar-refractivity contribution in [2.45, 2.75) is 46.2 Å². The largest absolute Gasteiger partial charge is 0.416 e. The number of ether oxygens (including phenoxy) is 1. The zero-order valence-corrected chi connectivity index (χ0v) is 14.6. The number of hydrogen-bond acceptors (Lipinski definition) is 1. The Hall–Kier alpha value is -1.50. The third-order valence-electron chi connectivity index (χ3n) is 4.51. The Kier molecular flexibility index (Phi) is 6.37. The first kappa shape index (κ1) is 21.5. The molecule has 0 aromatic heterocycles. The molecule has 142 valence electrons. The van der Waals surface area contributed by atoms with Crippen LogP contribution in [-0.4, -0.2) is 6.61 Å².